The molecule has 92 valence electrons. The van der Waals surface area contributed by atoms with Crippen LogP contribution in [0.2, 0.25) is 0 Å². The molecule has 0 spiro atoms. The van der Waals surface area contributed by atoms with Crippen LogP contribution in [0.1, 0.15) is 12.0 Å². The molecule has 0 amide bonds. The number of nitrogens with one attached hydrogen (secondary N) is 1. The second-order valence-corrected chi connectivity index (χ2v) is 4.27. The first-order chi connectivity index (χ1) is 8.27. The highest BCUT2D eigenvalue weighted by Gasteiger charge is 2.31. The van der Waals surface area contributed by atoms with Crippen molar-refractivity contribution in [3.05, 3.63) is 35.9 Å². The van der Waals surface area contributed by atoms with Crippen molar-refractivity contribution >= 4 is 5.97 Å². The van der Waals surface area contributed by atoms with Crippen LogP contribution in [0, 0.1) is 5.92 Å². The Bertz CT molecular complexity index is 366. The van der Waals surface area contributed by atoms with Crippen molar-refractivity contribution in [2.45, 2.75) is 19.1 Å². The van der Waals surface area contributed by atoms with Crippen LogP contribution < -0.4 is 5.32 Å². The van der Waals surface area contributed by atoms with Crippen LogP contribution in [0.25, 0.3) is 0 Å². The van der Waals surface area contributed by atoms with Crippen LogP contribution in [-0.4, -0.2) is 30.3 Å². The fourth-order valence-electron chi connectivity index (χ4n) is 2.06. The van der Waals surface area contributed by atoms with E-state index in [2.05, 4.69) is 5.32 Å². The maximum atomic E-state index is 11.1. The molecule has 1 aromatic carbocycles. The molecule has 4 nitrogen and oxygen atoms in total. The van der Waals surface area contributed by atoms with Gasteiger partial charge < -0.3 is 15.2 Å². The molecule has 1 aromatic rings. The Morgan fingerprint density at radius 2 is 2.18 bits per heavy atom. The number of hydrogen-bond acceptors (Lipinski definition) is 3. The van der Waals surface area contributed by atoms with Gasteiger partial charge in [0.25, 0.3) is 0 Å². The van der Waals surface area contributed by atoms with Gasteiger partial charge in [0.05, 0.1) is 18.6 Å². The molecule has 2 atom stereocenters. The molecular formula is C13H17NO3. The van der Waals surface area contributed by atoms with E-state index in [1.54, 1.807) is 0 Å². The van der Waals surface area contributed by atoms with Crippen molar-refractivity contribution in [2.24, 2.45) is 5.92 Å². The summed E-state index contributed by atoms with van der Waals surface area (Å²) in [7, 11) is 0. The van der Waals surface area contributed by atoms with Gasteiger partial charge in [0.1, 0.15) is 0 Å². The van der Waals surface area contributed by atoms with Gasteiger partial charge in [-0.3, -0.25) is 4.79 Å². The summed E-state index contributed by atoms with van der Waals surface area (Å²) in [4.78, 5) is 11.1. The highest BCUT2D eigenvalue weighted by Crippen LogP contribution is 2.17. The van der Waals surface area contributed by atoms with Crippen molar-refractivity contribution in [3.63, 3.8) is 0 Å². The van der Waals surface area contributed by atoms with Crippen LogP contribution in [0.5, 0.6) is 0 Å². The fourth-order valence-corrected chi connectivity index (χ4v) is 2.06. The maximum Gasteiger partial charge on any atom is 0.310 e. The Morgan fingerprint density at radius 1 is 1.41 bits per heavy atom. The number of rotatable bonds is 4. The van der Waals surface area contributed by atoms with Crippen LogP contribution >= 0.6 is 0 Å². The van der Waals surface area contributed by atoms with E-state index >= 15 is 0 Å². The predicted octanol–water partition coefficient (Wildman–Crippen LogP) is 1.27. The molecule has 0 radical (unpaired) electrons. The van der Waals surface area contributed by atoms with Gasteiger partial charge in [-0.25, -0.2) is 0 Å². The van der Waals surface area contributed by atoms with Crippen molar-refractivity contribution < 1.29 is 14.6 Å². The van der Waals surface area contributed by atoms with Gasteiger partial charge in [-0.2, -0.15) is 0 Å². The molecule has 0 bridgehead atoms. The monoisotopic (exact) mass is 235 g/mol. The Morgan fingerprint density at radius 3 is 2.88 bits per heavy atom. The molecule has 2 rings (SSSR count). The standard InChI is InChI=1S/C13H17NO3/c15-13(16)11-8-14-7-6-12(11)17-9-10-4-2-1-3-5-10/h1-5,11-12,14H,6-9H2,(H,15,16). The van der Waals surface area contributed by atoms with Crippen LogP contribution in [0.3, 0.4) is 0 Å². The quantitative estimate of drug-likeness (QED) is 0.825. The van der Waals surface area contributed by atoms with Gasteiger partial charge in [0, 0.05) is 6.54 Å². The fraction of sp³-hybridized carbons (Fsp3) is 0.462. The van der Waals surface area contributed by atoms with Crippen LogP contribution in [0.4, 0.5) is 0 Å². The van der Waals surface area contributed by atoms with Crippen molar-refractivity contribution in [2.75, 3.05) is 13.1 Å². The number of aliphatic carboxylic acids is 1. The molecule has 2 N–H and O–H groups in total. The van der Waals surface area contributed by atoms with Gasteiger partial charge in [0.2, 0.25) is 0 Å². The summed E-state index contributed by atoms with van der Waals surface area (Å²) < 4.78 is 5.72. The lowest BCUT2D eigenvalue weighted by Gasteiger charge is -2.29. The first-order valence-corrected chi connectivity index (χ1v) is 5.86. The van der Waals surface area contributed by atoms with E-state index < -0.39 is 11.9 Å². The zero-order valence-corrected chi connectivity index (χ0v) is 9.63. The van der Waals surface area contributed by atoms with Crippen molar-refractivity contribution in [1.29, 1.82) is 0 Å². The molecule has 0 saturated carbocycles. The topological polar surface area (TPSA) is 58.6 Å². The lowest BCUT2D eigenvalue weighted by atomic mass is 9.96. The Hall–Kier alpha value is -1.39. The summed E-state index contributed by atoms with van der Waals surface area (Å²) in [5.41, 5.74) is 1.08. The first-order valence-electron chi connectivity index (χ1n) is 5.86. The Balaban J connectivity index is 1.90. The Labute approximate surface area is 101 Å². The van der Waals surface area contributed by atoms with Crippen LogP contribution in [0.15, 0.2) is 30.3 Å². The predicted molar refractivity (Wildman–Crippen MR) is 63.6 cm³/mol. The molecule has 17 heavy (non-hydrogen) atoms. The van der Waals surface area contributed by atoms with Gasteiger partial charge in [0.15, 0.2) is 0 Å². The average Bonchev–Trinajstić information content (AvgIpc) is 2.38. The highest BCUT2D eigenvalue weighted by atomic mass is 16.5. The van der Waals surface area contributed by atoms with Gasteiger partial charge in [-0.05, 0) is 18.5 Å². The normalized spacial score (nSPS) is 24.5. The summed E-state index contributed by atoms with van der Waals surface area (Å²) in [6, 6.07) is 9.83. The molecule has 4 heteroatoms. The molecule has 0 aromatic heterocycles. The second kappa shape index (κ2) is 5.80. The largest absolute Gasteiger partial charge is 0.481 e. The van der Waals surface area contributed by atoms with E-state index in [0.717, 1.165) is 18.5 Å². The maximum absolute atomic E-state index is 11.1. The number of carboxylic acid groups (broad SMARTS) is 1. The lowest BCUT2D eigenvalue weighted by molar-refractivity contribution is -0.149. The average molecular weight is 235 g/mol. The molecule has 1 saturated heterocycles. The summed E-state index contributed by atoms with van der Waals surface area (Å²) in [5, 5.41) is 12.2. The molecule has 2 unspecified atom stereocenters. The summed E-state index contributed by atoms with van der Waals surface area (Å²) in [6.07, 6.45) is 0.568. The van der Waals surface area contributed by atoms with Gasteiger partial charge in [-0.15, -0.1) is 0 Å². The summed E-state index contributed by atoms with van der Waals surface area (Å²) in [5.74, 6) is -1.22. The number of carbonyl (C=O) groups is 1. The van der Waals surface area contributed by atoms with Crippen LogP contribution in [-0.2, 0) is 16.1 Å². The van der Waals surface area contributed by atoms with Gasteiger partial charge in [-0.1, -0.05) is 30.3 Å². The summed E-state index contributed by atoms with van der Waals surface area (Å²) in [6.45, 7) is 1.80. The van der Waals surface area contributed by atoms with E-state index in [9.17, 15) is 4.79 Å². The number of carboxylic acids is 1. The molecule has 0 aliphatic carbocycles. The van der Waals surface area contributed by atoms with E-state index in [1.807, 2.05) is 30.3 Å². The zero-order chi connectivity index (χ0) is 12.1. The molecule has 1 aliphatic heterocycles. The molecule has 1 aliphatic rings. The second-order valence-electron chi connectivity index (χ2n) is 4.27. The SMILES string of the molecule is O=C(O)C1CNCCC1OCc1ccccc1. The molecular weight excluding hydrogens is 218 g/mol. The summed E-state index contributed by atoms with van der Waals surface area (Å²) >= 11 is 0. The smallest absolute Gasteiger partial charge is 0.310 e. The third kappa shape index (κ3) is 3.28. The minimum absolute atomic E-state index is 0.186. The van der Waals surface area contributed by atoms with E-state index in [0.29, 0.717) is 13.2 Å². The van der Waals surface area contributed by atoms with Crippen molar-refractivity contribution in [1.82, 2.24) is 5.32 Å². The third-order valence-corrected chi connectivity index (χ3v) is 3.04. The van der Waals surface area contributed by atoms with E-state index in [4.69, 9.17) is 9.84 Å². The van der Waals surface area contributed by atoms with E-state index in [1.165, 1.54) is 0 Å². The Kier molecular flexibility index (Phi) is 4.12. The highest BCUT2D eigenvalue weighted by molar-refractivity contribution is 5.71. The molecule has 1 heterocycles. The number of piperidine rings is 1. The van der Waals surface area contributed by atoms with Crippen molar-refractivity contribution in [3.8, 4) is 0 Å². The third-order valence-electron chi connectivity index (χ3n) is 3.04. The number of hydrogen-bond donors (Lipinski definition) is 2. The number of ether oxygens (including phenoxy) is 1. The zero-order valence-electron chi connectivity index (χ0n) is 9.63. The minimum Gasteiger partial charge on any atom is -0.481 e. The lowest BCUT2D eigenvalue weighted by Crippen LogP contribution is -2.45. The first kappa shape index (κ1) is 12.1. The minimum atomic E-state index is -0.782. The van der Waals surface area contributed by atoms with E-state index in [-0.39, 0.29) is 6.10 Å². The molecule has 1 fully saturated rings. The van der Waals surface area contributed by atoms with Gasteiger partial charge >= 0.3 is 5.97 Å². The number of benzene rings is 1.